The fraction of sp³-hybridized carbons (Fsp3) is 0.105. The summed E-state index contributed by atoms with van der Waals surface area (Å²) < 4.78 is 29.6. The van der Waals surface area contributed by atoms with Crippen molar-refractivity contribution in [3.05, 3.63) is 72.1 Å². The average molecular weight is 414 g/mol. The summed E-state index contributed by atoms with van der Waals surface area (Å²) in [7, 11) is -3.72. The molecule has 1 aromatic carbocycles. The lowest BCUT2D eigenvalue weighted by Gasteiger charge is -2.11. The van der Waals surface area contributed by atoms with Gasteiger partial charge in [0.15, 0.2) is 5.65 Å². The van der Waals surface area contributed by atoms with Gasteiger partial charge in [0.2, 0.25) is 10.0 Å². The Labute approximate surface area is 167 Å². The van der Waals surface area contributed by atoms with Crippen molar-refractivity contribution in [1.82, 2.24) is 24.2 Å². The van der Waals surface area contributed by atoms with Gasteiger partial charge in [-0.15, -0.1) is 0 Å². The minimum atomic E-state index is -3.72. The Morgan fingerprint density at radius 2 is 1.79 bits per heavy atom. The number of imidazole rings is 1. The molecule has 4 aromatic rings. The molecule has 0 radical (unpaired) electrons. The fourth-order valence-electron chi connectivity index (χ4n) is 2.92. The molecule has 0 aliphatic carbocycles. The second kappa shape index (κ2) is 7.67. The molecular weight excluding hydrogens is 398 g/mol. The summed E-state index contributed by atoms with van der Waals surface area (Å²) in [6.07, 6.45) is 5.06. The first-order valence-electron chi connectivity index (χ1n) is 8.52. The third kappa shape index (κ3) is 3.62. The molecule has 0 atom stereocenters. The number of rotatable bonds is 6. The van der Waals surface area contributed by atoms with Crippen LogP contribution < -0.4 is 4.72 Å². The molecule has 0 fully saturated rings. The van der Waals surface area contributed by atoms with Gasteiger partial charge in [0.1, 0.15) is 16.2 Å². The molecular formula is C19H16ClN5O2S. The fourth-order valence-corrected chi connectivity index (χ4v) is 4.46. The van der Waals surface area contributed by atoms with Crippen molar-refractivity contribution in [1.29, 1.82) is 0 Å². The van der Waals surface area contributed by atoms with Crippen LogP contribution in [-0.2, 0) is 16.6 Å². The van der Waals surface area contributed by atoms with Crippen molar-refractivity contribution in [2.45, 2.75) is 11.4 Å². The number of hydrogen-bond acceptors (Lipinski definition) is 5. The van der Waals surface area contributed by atoms with E-state index in [0.717, 1.165) is 11.1 Å². The van der Waals surface area contributed by atoms with E-state index in [9.17, 15) is 8.42 Å². The normalized spacial score (nSPS) is 11.8. The Hall–Kier alpha value is -2.81. The van der Waals surface area contributed by atoms with E-state index in [1.165, 1.54) is 6.07 Å². The van der Waals surface area contributed by atoms with Gasteiger partial charge in [0.25, 0.3) is 0 Å². The van der Waals surface area contributed by atoms with Crippen molar-refractivity contribution >= 4 is 32.8 Å². The second-order valence-corrected chi connectivity index (χ2v) is 8.14. The zero-order valence-electron chi connectivity index (χ0n) is 14.7. The largest absolute Gasteiger partial charge is 0.307 e. The second-order valence-electron chi connectivity index (χ2n) is 6.00. The predicted molar refractivity (Wildman–Crippen MR) is 107 cm³/mol. The van der Waals surface area contributed by atoms with Crippen LogP contribution in [0, 0.1) is 0 Å². The van der Waals surface area contributed by atoms with Gasteiger partial charge in [0, 0.05) is 37.2 Å². The van der Waals surface area contributed by atoms with Crippen molar-refractivity contribution in [2.75, 3.05) is 6.54 Å². The SMILES string of the molecule is O=S(=O)(NCCn1c(-c2ccncc2)nc2cccnc21)c1ccccc1Cl. The highest BCUT2D eigenvalue weighted by atomic mass is 35.5. The van der Waals surface area contributed by atoms with Gasteiger partial charge in [-0.2, -0.15) is 0 Å². The summed E-state index contributed by atoms with van der Waals surface area (Å²) in [4.78, 5) is 13.1. The van der Waals surface area contributed by atoms with E-state index < -0.39 is 10.0 Å². The Balaban J connectivity index is 1.63. The van der Waals surface area contributed by atoms with Crippen LogP contribution in [0.15, 0.2) is 72.0 Å². The number of nitrogens with zero attached hydrogens (tertiary/aromatic N) is 4. The molecule has 28 heavy (non-hydrogen) atoms. The lowest BCUT2D eigenvalue weighted by atomic mass is 10.2. The monoisotopic (exact) mass is 413 g/mol. The van der Waals surface area contributed by atoms with Gasteiger partial charge in [-0.05, 0) is 36.4 Å². The molecule has 7 nitrogen and oxygen atoms in total. The van der Waals surface area contributed by atoms with Crippen LogP contribution in [0.1, 0.15) is 0 Å². The van der Waals surface area contributed by atoms with Gasteiger partial charge < -0.3 is 4.57 Å². The van der Waals surface area contributed by atoms with Crippen LogP contribution in [0.2, 0.25) is 5.02 Å². The maximum Gasteiger partial charge on any atom is 0.242 e. The Morgan fingerprint density at radius 3 is 2.57 bits per heavy atom. The molecule has 0 aliphatic rings. The highest BCUT2D eigenvalue weighted by Crippen LogP contribution is 2.23. The molecule has 0 saturated carbocycles. The minimum Gasteiger partial charge on any atom is -0.307 e. The summed E-state index contributed by atoms with van der Waals surface area (Å²) in [5.74, 6) is 0.702. The molecule has 0 saturated heterocycles. The summed E-state index contributed by atoms with van der Waals surface area (Å²) in [6.45, 7) is 0.516. The zero-order chi connectivity index (χ0) is 19.6. The molecule has 9 heteroatoms. The third-order valence-electron chi connectivity index (χ3n) is 4.20. The smallest absolute Gasteiger partial charge is 0.242 e. The number of pyridine rings is 2. The number of nitrogens with one attached hydrogen (secondary N) is 1. The minimum absolute atomic E-state index is 0.0552. The number of fused-ring (bicyclic) bond motifs is 1. The zero-order valence-corrected chi connectivity index (χ0v) is 16.2. The van der Waals surface area contributed by atoms with E-state index in [1.54, 1.807) is 36.8 Å². The van der Waals surface area contributed by atoms with E-state index >= 15 is 0 Å². The molecule has 4 rings (SSSR count). The van der Waals surface area contributed by atoms with Crippen molar-refractivity contribution in [2.24, 2.45) is 0 Å². The third-order valence-corrected chi connectivity index (χ3v) is 6.16. The number of halogens is 1. The lowest BCUT2D eigenvalue weighted by molar-refractivity contribution is 0.574. The van der Waals surface area contributed by atoms with Crippen LogP contribution >= 0.6 is 11.6 Å². The molecule has 0 spiro atoms. The highest BCUT2D eigenvalue weighted by molar-refractivity contribution is 7.89. The Bertz CT molecular complexity index is 1230. The van der Waals surface area contributed by atoms with E-state index in [4.69, 9.17) is 11.6 Å². The molecule has 3 heterocycles. The molecule has 142 valence electrons. The van der Waals surface area contributed by atoms with E-state index in [-0.39, 0.29) is 16.5 Å². The van der Waals surface area contributed by atoms with Gasteiger partial charge in [0.05, 0.1) is 5.02 Å². The predicted octanol–water partition coefficient (Wildman–Crippen LogP) is 3.13. The standard InChI is InChI=1S/C19H16ClN5O2S/c20-15-4-1-2-6-17(15)28(26,27)23-12-13-25-18(14-7-10-21-11-8-14)24-16-5-3-9-22-19(16)25/h1-11,23H,12-13H2. The molecule has 0 unspecified atom stereocenters. The number of sulfonamides is 1. The maximum absolute atomic E-state index is 12.6. The first kappa shape index (κ1) is 18.5. The van der Waals surface area contributed by atoms with Crippen LogP contribution in [0.4, 0.5) is 0 Å². The topological polar surface area (TPSA) is 89.8 Å². The summed E-state index contributed by atoms with van der Waals surface area (Å²) in [6, 6.07) is 13.7. The van der Waals surface area contributed by atoms with Crippen LogP contribution in [0.5, 0.6) is 0 Å². The molecule has 1 N–H and O–H groups in total. The Morgan fingerprint density at radius 1 is 1.00 bits per heavy atom. The molecule has 0 aliphatic heterocycles. The number of benzene rings is 1. The summed E-state index contributed by atoms with van der Waals surface area (Å²) >= 11 is 6.02. The average Bonchev–Trinajstić information content (AvgIpc) is 3.07. The van der Waals surface area contributed by atoms with Gasteiger partial charge >= 0.3 is 0 Å². The quantitative estimate of drug-likeness (QED) is 0.524. The Kier molecular flexibility index (Phi) is 5.08. The van der Waals surface area contributed by atoms with Crippen LogP contribution in [-0.4, -0.2) is 34.5 Å². The van der Waals surface area contributed by atoms with Crippen LogP contribution in [0.3, 0.4) is 0 Å². The van der Waals surface area contributed by atoms with Crippen molar-refractivity contribution < 1.29 is 8.42 Å². The number of hydrogen-bond donors (Lipinski definition) is 1. The van der Waals surface area contributed by atoms with E-state index in [2.05, 4.69) is 19.7 Å². The summed E-state index contributed by atoms with van der Waals surface area (Å²) in [5, 5.41) is 0.183. The van der Waals surface area contributed by atoms with Gasteiger partial charge in [-0.3, -0.25) is 4.98 Å². The first-order chi connectivity index (χ1) is 13.6. The first-order valence-corrected chi connectivity index (χ1v) is 10.4. The molecule has 3 aromatic heterocycles. The molecule has 0 bridgehead atoms. The van der Waals surface area contributed by atoms with E-state index in [0.29, 0.717) is 18.0 Å². The summed E-state index contributed by atoms with van der Waals surface area (Å²) in [5.41, 5.74) is 2.30. The van der Waals surface area contributed by atoms with Gasteiger partial charge in [-0.1, -0.05) is 23.7 Å². The number of aromatic nitrogens is 4. The molecule has 0 amide bonds. The van der Waals surface area contributed by atoms with Crippen molar-refractivity contribution in [3.8, 4) is 11.4 Å². The maximum atomic E-state index is 12.6. The van der Waals surface area contributed by atoms with Gasteiger partial charge in [-0.25, -0.2) is 23.1 Å². The highest BCUT2D eigenvalue weighted by Gasteiger charge is 2.18. The lowest BCUT2D eigenvalue weighted by Crippen LogP contribution is -2.28. The van der Waals surface area contributed by atoms with Crippen molar-refractivity contribution in [3.63, 3.8) is 0 Å². The van der Waals surface area contributed by atoms with Crippen LogP contribution in [0.25, 0.3) is 22.6 Å². The van der Waals surface area contributed by atoms with E-state index in [1.807, 2.05) is 28.8 Å².